The first-order valence-corrected chi connectivity index (χ1v) is 5.58. The highest BCUT2D eigenvalue weighted by Gasteiger charge is 2.22. The van der Waals surface area contributed by atoms with Crippen LogP contribution in [0.2, 0.25) is 0 Å². The van der Waals surface area contributed by atoms with Crippen molar-refractivity contribution in [2.45, 2.75) is 18.8 Å². The molecular weight excluding hydrogens is 204 g/mol. The minimum absolute atomic E-state index is 0.565. The van der Waals surface area contributed by atoms with Gasteiger partial charge in [-0.3, -0.25) is 0 Å². The molecule has 3 rings (SSSR count). The molecule has 1 aliphatic carbocycles. The summed E-state index contributed by atoms with van der Waals surface area (Å²) in [6.45, 7) is 0. The van der Waals surface area contributed by atoms with Crippen LogP contribution in [0.1, 0.15) is 22.7 Å². The van der Waals surface area contributed by atoms with Crippen LogP contribution in [0.25, 0.3) is 0 Å². The van der Waals surface area contributed by atoms with Crippen molar-refractivity contribution in [3.8, 4) is 0 Å². The highest BCUT2D eigenvalue weighted by Crippen LogP contribution is 2.32. The summed E-state index contributed by atoms with van der Waals surface area (Å²) >= 11 is 5.04. The Morgan fingerprint density at radius 3 is 2.33 bits per heavy atom. The third-order valence-corrected chi connectivity index (χ3v) is 3.33. The second kappa shape index (κ2) is 3.35. The monoisotopic (exact) mass is 216 g/mol. The van der Waals surface area contributed by atoms with E-state index in [4.69, 9.17) is 12.2 Å². The van der Waals surface area contributed by atoms with Crippen LogP contribution in [0.15, 0.2) is 30.5 Å². The van der Waals surface area contributed by atoms with E-state index in [1.54, 1.807) is 0 Å². The largest absolute Gasteiger partial charge is 0.337 e. The average molecular weight is 216 g/mol. The minimum atomic E-state index is 0.565. The van der Waals surface area contributed by atoms with Gasteiger partial charge in [0.2, 0.25) is 0 Å². The second-order valence-corrected chi connectivity index (χ2v) is 4.48. The first-order chi connectivity index (χ1) is 7.33. The molecule has 0 amide bonds. The second-order valence-electron chi connectivity index (χ2n) is 4.07. The molecule has 3 heteroatoms. The molecule has 15 heavy (non-hydrogen) atoms. The molecule has 2 nitrogen and oxygen atoms in total. The molecular formula is C12H12N2S. The van der Waals surface area contributed by atoms with Crippen LogP contribution in [0.3, 0.4) is 0 Å². The van der Waals surface area contributed by atoms with Crippen molar-refractivity contribution in [1.82, 2.24) is 9.97 Å². The van der Waals surface area contributed by atoms with E-state index in [9.17, 15) is 0 Å². The van der Waals surface area contributed by atoms with Gasteiger partial charge in [0.25, 0.3) is 0 Å². The van der Waals surface area contributed by atoms with Crippen LogP contribution in [-0.4, -0.2) is 9.97 Å². The number of hydrogen-bond acceptors (Lipinski definition) is 1. The third-order valence-electron chi connectivity index (χ3n) is 3.11. The van der Waals surface area contributed by atoms with Crippen LogP contribution in [0.5, 0.6) is 0 Å². The minimum Gasteiger partial charge on any atom is -0.337 e. The fourth-order valence-electron chi connectivity index (χ4n) is 2.35. The fraction of sp³-hybridized carbons (Fsp3) is 0.250. The van der Waals surface area contributed by atoms with Crippen molar-refractivity contribution in [2.24, 2.45) is 0 Å². The van der Waals surface area contributed by atoms with Crippen LogP contribution >= 0.6 is 12.2 Å². The number of benzene rings is 1. The van der Waals surface area contributed by atoms with Gasteiger partial charge in [-0.2, -0.15) is 0 Å². The maximum atomic E-state index is 5.04. The number of imidazole rings is 1. The lowest BCUT2D eigenvalue weighted by Crippen LogP contribution is -1.97. The Hall–Kier alpha value is -1.35. The van der Waals surface area contributed by atoms with E-state index < -0.39 is 0 Å². The molecule has 0 unspecified atom stereocenters. The molecule has 76 valence electrons. The van der Waals surface area contributed by atoms with Gasteiger partial charge in [-0.15, -0.1) is 0 Å². The van der Waals surface area contributed by atoms with Gasteiger partial charge in [-0.05, 0) is 36.2 Å². The first-order valence-electron chi connectivity index (χ1n) is 5.17. The Bertz CT molecular complexity index is 513. The molecule has 1 aromatic carbocycles. The maximum absolute atomic E-state index is 5.04. The number of aromatic amines is 2. The predicted molar refractivity (Wildman–Crippen MR) is 62.6 cm³/mol. The van der Waals surface area contributed by atoms with E-state index in [-0.39, 0.29) is 0 Å². The number of H-pyrrole nitrogens is 2. The zero-order chi connectivity index (χ0) is 10.3. The van der Waals surface area contributed by atoms with Crippen LogP contribution in [0.4, 0.5) is 0 Å². The Morgan fingerprint density at radius 2 is 1.80 bits per heavy atom. The molecule has 1 heterocycles. The van der Waals surface area contributed by atoms with Crippen LogP contribution in [0, 0.1) is 4.77 Å². The van der Waals surface area contributed by atoms with E-state index in [1.807, 2.05) is 6.20 Å². The average Bonchev–Trinajstić information content (AvgIpc) is 2.82. The van der Waals surface area contributed by atoms with Gasteiger partial charge in [0.15, 0.2) is 4.77 Å². The highest BCUT2D eigenvalue weighted by molar-refractivity contribution is 7.71. The van der Waals surface area contributed by atoms with Gasteiger partial charge in [0.05, 0.1) is 0 Å². The predicted octanol–water partition coefficient (Wildman–Crippen LogP) is 2.95. The van der Waals surface area contributed by atoms with E-state index >= 15 is 0 Å². The van der Waals surface area contributed by atoms with E-state index in [0.29, 0.717) is 5.92 Å². The molecule has 0 saturated heterocycles. The summed E-state index contributed by atoms with van der Waals surface area (Å²) in [5.41, 5.74) is 4.18. The number of hydrogen-bond donors (Lipinski definition) is 2. The van der Waals surface area contributed by atoms with Gasteiger partial charge in [-0.25, -0.2) is 0 Å². The van der Waals surface area contributed by atoms with E-state index in [2.05, 4.69) is 34.2 Å². The highest BCUT2D eigenvalue weighted by atomic mass is 32.1. The fourth-order valence-corrected chi connectivity index (χ4v) is 2.52. The summed E-state index contributed by atoms with van der Waals surface area (Å²) in [6.07, 6.45) is 4.25. The lowest BCUT2D eigenvalue weighted by Gasteiger charge is -2.04. The molecule has 1 aromatic heterocycles. The van der Waals surface area contributed by atoms with Crippen molar-refractivity contribution < 1.29 is 0 Å². The van der Waals surface area contributed by atoms with E-state index in [0.717, 1.165) is 17.6 Å². The summed E-state index contributed by atoms with van der Waals surface area (Å²) in [4.78, 5) is 6.24. The molecule has 2 aromatic rings. The number of nitrogens with one attached hydrogen (secondary N) is 2. The third kappa shape index (κ3) is 1.53. The van der Waals surface area contributed by atoms with Gasteiger partial charge in [0.1, 0.15) is 0 Å². The molecule has 0 saturated carbocycles. The lowest BCUT2D eigenvalue weighted by molar-refractivity contribution is 0.719. The van der Waals surface area contributed by atoms with Gasteiger partial charge < -0.3 is 9.97 Å². The molecule has 2 N–H and O–H groups in total. The Labute approximate surface area is 93.4 Å². The van der Waals surface area contributed by atoms with Gasteiger partial charge in [-0.1, -0.05) is 24.3 Å². The molecule has 0 fully saturated rings. The van der Waals surface area contributed by atoms with Crippen molar-refractivity contribution in [2.75, 3.05) is 0 Å². The molecule has 0 aliphatic heterocycles. The number of fused-ring (bicyclic) bond motifs is 1. The lowest BCUT2D eigenvalue weighted by atomic mass is 10.0. The number of aromatic nitrogens is 2. The van der Waals surface area contributed by atoms with Crippen molar-refractivity contribution in [1.29, 1.82) is 0 Å². The zero-order valence-corrected chi connectivity index (χ0v) is 9.10. The number of rotatable bonds is 1. The normalized spacial score (nSPS) is 15.5. The molecule has 0 spiro atoms. The van der Waals surface area contributed by atoms with Crippen molar-refractivity contribution in [3.63, 3.8) is 0 Å². The van der Waals surface area contributed by atoms with E-state index in [1.165, 1.54) is 16.8 Å². The van der Waals surface area contributed by atoms with Crippen LogP contribution < -0.4 is 0 Å². The first kappa shape index (κ1) is 8.92. The maximum Gasteiger partial charge on any atom is 0.174 e. The molecule has 0 atom stereocenters. The van der Waals surface area contributed by atoms with Crippen LogP contribution in [-0.2, 0) is 12.8 Å². The Kier molecular flexibility index (Phi) is 1.99. The zero-order valence-electron chi connectivity index (χ0n) is 8.29. The molecule has 1 aliphatic rings. The summed E-state index contributed by atoms with van der Waals surface area (Å²) in [5, 5.41) is 0. The van der Waals surface area contributed by atoms with Gasteiger partial charge in [0, 0.05) is 17.8 Å². The quantitative estimate of drug-likeness (QED) is 0.706. The summed E-state index contributed by atoms with van der Waals surface area (Å²) in [7, 11) is 0. The van der Waals surface area contributed by atoms with Crippen molar-refractivity contribution >= 4 is 12.2 Å². The van der Waals surface area contributed by atoms with Gasteiger partial charge >= 0.3 is 0 Å². The smallest absolute Gasteiger partial charge is 0.174 e. The van der Waals surface area contributed by atoms with Crippen molar-refractivity contribution in [3.05, 3.63) is 52.1 Å². The summed E-state index contributed by atoms with van der Waals surface area (Å²) < 4.78 is 0.723. The molecule has 0 bridgehead atoms. The molecule has 0 radical (unpaired) electrons. The Morgan fingerprint density at radius 1 is 1.13 bits per heavy atom. The standard InChI is InChI=1S/C12H12N2S/c15-12-13-7-11(14-12)10-5-8-3-1-2-4-9(8)6-10/h1-4,7,10H,5-6H2,(H2,13,14,15). The SMILES string of the molecule is S=c1[nH]cc(C2Cc3ccccc3C2)[nH]1. The summed E-state index contributed by atoms with van der Waals surface area (Å²) in [6, 6.07) is 8.66. The Balaban J connectivity index is 1.93. The summed E-state index contributed by atoms with van der Waals surface area (Å²) in [5.74, 6) is 0.565. The topological polar surface area (TPSA) is 31.6 Å².